The van der Waals surface area contributed by atoms with Crippen LogP contribution < -0.4 is 5.32 Å². The lowest BCUT2D eigenvalue weighted by molar-refractivity contribution is -0.119. The second kappa shape index (κ2) is 14.0. The minimum atomic E-state index is -0.0345. The monoisotopic (exact) mass is 491 g/mol. The molecule has 2 aromatic rings. The topological polar surface area (TPSA) is 86.6 Å². The van der Waals surface area contributed by atoms with Crippen LogP contribution >= 0.6 is 11.8 Å². The molecule has 1 saturated heterocycles. The molecule has 1 aliphatic rings. The first kappa shape index (κ1) is 27.7. The van der Waals surface area contributed by atoms with E-state index < -0.39 is 0 Å². The number of carbonyl (C=O) groups excluding carboxylic acids is 2. The molecule has 0 bridgehead atoms. The average molecular weight is 492 g/mol. The van der Waals surface area contributed by atoms with Gasteiger partial charge in [-0.3, -0.25) is 9.59 Å². The zero-order valence-corrected chi connectivity index (χ0v) is 20.8. The maximum Gasteiger partial charge on any atom is 0.234 e. The van der Waals surface area contributed by atoms with E-state index in [9.17, 15) is 19.8 Å². The number of aromatic hydroxyl groups is 2. The van der Waals surface area contributed by atoms with Crippen molar-refractivity contribution in [3.63, 3.8) is 0 Å². The van der Waals surface area contributed by atoms with Gasteiger partial charge in [0.25, 0.3) is 0 Å². The highest BCUT2D eigenvalue weighted by Gasteiger charge is 2.25. The Morgan fingerprint density at radius 2 is 1.26 bits per heavy atom. The predicted molar refractivity (Wildman–Crippen MR) is 145 cm³/mol. The van der Waals surface area contributed by atoms with Gasteiger partial charge in [-0.2, -0.15) is 0 Å². The van der Waals surface area contributed by atoms with Crippen molar-refractivity contribution < 1.29 is 19.8 Å². The highest BCUT2D eigenvalue weighted by molar-refractivity contribution is 8.01. The van der Waals surface area contributed by atoms with Crippen LogP contribution in [-0.2, 0) is 36.9 Å². The molecular weight excluding hydrogens is 458 g/mol. The van der Waals surface area contributed by atoms with Crippen LogP contribution in [0.1, 0.15) is 38.2 Å². The number of amides is 1. The summed E-state index contributed by atoms with van der Waals surface area (Å²) in [5.74, 6) is 1.33. The standard InChI is InChI=1S/C16H19NO2S.C13H14O2/c1-3-5-12-7-11(8-13(6-4-2)15(12)18)9-14-16(19)17-10-20-14;1-3-5-11-7-10(9-14)8-12(6-4-2)13(11)15/h3-4,7-8,14,18H,1-2,5-6,9-10H2,(H,17,19);3-4,7-9,15H,1-2,5-6H2. The van der Waals surface area contributed by atoms with Gasteiger partial charge < -0.3 is 15.5 Å². The van der Waals surface area contributed by atoms with Crippen LogP contribution in [0, 0.1) is 0 Å². The Balaban J connectivity index is 0.000000258. The van der Waals surface area contributed by atoms with Crippen molar-refractivity contribution in [3.05, 3.63) is 108 Å². The third-order valence-corrected chi connectivity index (χ3v) is 6.55. The first-order valence-corrected chi connectivity index (χ1v) is 12.4. The fraction of sp³-hybridized carbons (Fsp3) is 0.241. The molecule has 1 unspecified atom stereocenters. The zero-order valence-electron chi connectivity index (χ0n) is 20.0. The first-order valence-electron chi connectivity index (χ1n) is 11.3. The van der Waals surface area contributed by atoms with Crippen LogP contribution in [0.4, 0.5) is 0 Å². The fourth-order valence-corrected chi connectivity index (χ4v) is 4.79. The number of hydrogen-bond acceptors (Lipinski definition) is 5. The summed E-state index contributed by atoms with van der Waals surface area (Å²) >= 11 is 1.62. The Morgan fingerprint density at radius 3 is 1.60 bits per heavy atom. The molecule has 0 aliphatic carbocycles. The molecule has 1 atom stereocenters. The van der Waals surface area contributed by atoms with Crippen LogP contribution in [0.25, 0.3) is 0 Å². The van der Waals surface area contributed by atoms with Crippen LogP contribution in [-0.4, -0.2) is 33.5 Å². The molecule has 0 saturated carbocycles. The molecule has 0 aromatic heterocycles. The smallest absolute Gasteiger partial charge is 0.234 e. The maximum absolute atomic E-state index is 11.7. The molecular formula is C29H33NO4S. The van der Waals surface area contributed by atoms with Gasteiger partial charge >= 0.3 is 0 Å². The normalized spacial score (nSPS) is 14.3. The lowest BCUT2D eigenvalue weighted by atomic mass is 9.97. The van der Waals surface area contributed by atoms with Gasteiger partial charge in [0, 0.05) is 5.56 Å². The minimum absolute atomic E-state index is 0.0345. The Kier molecular flexibility index (Phi) is 11.1. The minimum Gasteiger partial charge on any atom is -0.507 e. The van der Waals surface area contributed by atoms with Gasteiger partial charge in [-0.25, -0.2) is 0 Å². The Bertz CT molecular complexity index is 1040. The lowest BCUT2D eigenvalue weighted by Crippen LogP contribution is -2.24. The van der Waals surface area contributed by atoms with E-state index >= 15 is 0 Å². The third-order valence-electron chi connectivity index (χ3n) is 5.46. The Hall–Kier alpha value is -3.51. The molecule has 1 fully saturated rings. The number of aldehydes is 1. The largest absolute Gasteiger partial charge is 0.507 e. The van der Waals surface area contributed by atoms with E-state index in [-0.39, 0.29) is 16.9 Å². The number of nitrogens with one attached hydrogen (secondary N) is 1. The van der Waals surface area contributed by atoms with Crippen LogP contribution in [0.3, 0.4) is 0 Å². The molecule has 35 heavy (non-hydrogen) atoms. The van der Waals surface area contributed by atoms with Crippen molar-refractivity contribution >= 4 is 24.0 Å². The first-order chi connectivity index (χ1) is 16.9. The van der Waals surface area contributed by atoms with Crippen LogP contribution in [0.2, 0.25) is 0 Å². The summed E-state index contributed by atoms with van der Waals surface area (Å²) in [4.78, 5) is 22.4. The third kappa shape index (κ3) is 7.76. The second-order valence-corrected chi connectivity index (χ2v) is 9.28. The highest BCUT2D eigenvalue weighted by atomic mass is 32.2. The van der Waals surface area contributed by atoms with E-state index in [4.69, 9.17) is 0 Å². The lowest BCUT2D eigenvalue weighted by Gasteiger charge is -2.13. The Labute approximate surface area is 212 Å². The Morgan fingerprint density at radius 1 is 0.829 bits per heavy atom. The number of thioether (sulfide) groups is 1. The van der Waals surface area contributed by atoms with Crippen molar-refractivity contribution in [2.24, 2.45) is 0 Å². The number of phenols is 2. The number of carbonyl (C=O) groups is 2. The molecule has 5 nitrogen and oxygen atoms in total. The van der Waals surface area contributed by atoms with E-state index in [0.717, 1.165) is 34.1 Å². The van der Waals surface area contributed by atoms with Gasteiger partial charge in [0.1, 0.15) is 17.8 Å². The number of allylic oxidation sites excluding steroid dienone is 4. The number of phenolic OH excluding ortho intramolecular Hbond substituents is 2. The molecule has 184 valence electrons. The zero-order chi connectivity index (χ0) is 25.8. The quantitative estimate of drug-likeness (QED) is 0.296. The second-order valence-electron chi connectivity index (χ2n) is 8.08. The van der Waals surface area contributed by atoms with Crippen molar-refractivity contribution in [3.8, 4) is 11.5 Å². The van der Waals surface area contributed by atoms with Gasteiger partial charge in [0.05, 0.1) is 11.1 Å². The van der Waals surface area contributed by atoms with Crippen molar-refractivity contribution in [2.75, 3.05) is 5.88 Å². The van der Waals surface area contributed by atoms with E-state index in [0.29, 0.717) is 49.3 Å². The van der Waals surface area contributed by atoms with E-state index in [1.54, 1.807) is 48.2 Å². The summed E-state index contributed by atoms with van der Waals surface area (Å²) in [6.07, 6.45) is 10.7. The number of benzene rings is 2. The van der Waals surface area contributed by atoms with Crippen molar-refractivity contribution in [1.29, 1.82) is 0 Å². The van der Waals surface area contributed by atoms with E-state index in [1.165, 1.54) is 0 Å². The summed E-state index contributed by atoms with van der Waals surface area (Å²) in [5.41, 5.74) is 4.82. The van der Waals surface area contributed by atoms with Crippen molar-refractivity contribution in [1.82, 2.24) is 5.32 Å². The predicted octanol–water partition coefficient (Wildman–Crippen LogP) is 5.24. The molecule has 0 radical (unpaired) electrons. The van der Waals surface area contributed by atoms with Gasteiger partial charge in [0.15, 0.2) is 0 Å². The molecule has 6 heteroatoms. The summed E-state index contributed by atoms with van der Waals surface area (Å²) in [7, 11) is 0. The van der Waals surface area contributed by atoms with E-state index in [2.05, 4.69) is 31.6 Å². The fourth-order valence-electron chi connectivity index (χ4n) is 3.82. The number of rotatable bonds is 11. The van der Waals surface area contributed by atoms with Gasteiger partial charge in [-0.15, -0.1) is 38.1 Å². The van der Waals surface area contributed by atoms with Gasteiger partial charge in [-0.1, -0.05) is 36.4 Å². The van der Waals surface area contributed by atoms with Crippen LogP contribution in [0.5, 0.6) is 11.5 Å². The molecule has 1 amide bonds. The van der Waals surface area contributed by atoms with Crippen molar-refractivity contribution in [2.45, 2.75) is 37.4 Å². The molecule has 3 rings (SSSR count). The van der Waals surface area contributed by atoms with Crippen LogP contribution in [0.15, 0.2) is 74.9 Å². The molecule has 1 aliphatic heterocycles. The average Bonchev–Trinajstić information content (AvgIpc) is 3.24. The van der Waals surface area contributed by atoms with Gasteiger partial charge in [-0.05, 0) is 72.1 Å². The molecule has 2 aromatic carbocycles. The maximum atomic E-state index is 11.7. The highest BCUT2D eigenvalue weighted by Crippen LogP contribution is 2.29. The summed E-state index contributed by atoms with van der Waals surface area (Å²) in [6, 6.07) is 7.29. The SMILES string of the molecule is C=CCc1cc(C=O)cc(CC=C)c1O.C=CCc1cc(CC2SCNC2=O)cc(CC=C)c1O. The van der Waals surface area contributed by atoms with E-state index in [1.807, 2.05) is 12.1 Å². The summed E-state index contributed by atoms with van der Waals surface area (Å²) in [5, 5.41) is 22.9. The van der Waals surface area contributed by atoms with Gasteiger partial charge in [0.2, 0.25) is 5.91 Å². The molecule has 3 N–H and O–H groups in total. The molecule has 0 spiro atoms. The molecule has 1 heterocycles. The number of hydrogen-bond donors (Lipinski definition) is 3. The summed E-state index contributed by atoms with van der Waals surface area (Å²) in [6.45, 7) is 14.7. The summed E-state index contributed by atoms with van der Waals surface area (Å²) < 4.78 is 0.